The van der Waals surface area contributed by atoms with Crippen molar-refractivity contribution >= 4 is 11.8 Å². The summed E-state index contributed by atoms with van der Waals surface area (Å²) in [6.07, 6.45) is 0. The molecule has 0 bridgehead atoms. The van der Waals surface area contributed by atoms with E-state index in [9.17, 15) is 0 Å². The molecule has 2 unspecified atom stereocenters. The van der Waals surface area contributed by atoms with Gasteiger partial charge in [0, 0.05) is 22.1 Å². The van der Waals surface area contributed by atoms with Crippen LogP contribution < -0.4 is 16.0 Å². The minimum Gasteiger partial charge on any atom is -0.496 e. The molecule has 4 heteroatoms. The van der Waals surface area contributed by atoms with Crippen molar-refractivity contribution < 1.29 is 4.74 Å². The monoisotopic (exact) mass is 286 g/mol. The van der Waals surface area contributed by atoms with Crippen molar-refractivity contribution in [3.05, 3.63) is 59.7 Å². The third-order valence-corrected chi connectivity index (χ3v) is 5.00. The van der Waals surface area contributed by atoms with Crippen LogP contribution in [-0.2, 0) is 0 Å². The van der Waals surface area contributed by atoms with Gasteiger partial charge >= 0.3 is 0 Å². The number of hydrogen-bond acceptors (Lipinski definition) is 4. The maximum atomic E-state index is 5.85. The molecule has 1 aliphatic rings. The van der Waals surface area contributed by atoms with Crippen LogP contribution >= 0.6 is 11.8 Å². The van der Waals surface area contributed by atoms with Crippen molar-refractivity contribution in [1.29, 1.82) is 0 Å². The third-order valence-electron chi connectivity index (χ3n) is 3.79. The average Bonchev–Trinajstić information content (AvgIpc) is 2.93. The van der Waals surface area contributed by atoms with E-state index in [2.05, 4.69) is 35.8 Å². The molecule has 1 heterocycles. The lowest BCUT2D eigenvalue weighted by atomic mass is 9.88. The highest BCUT2D eigenvalue weighted by molar-refractivity contribution is 7.99. The molecule has 0 saturated heterocycles. The Morgan fingerprint density at radius 1 is 1.20 bits per heavy atom. The van der Waals surface area contributed by atoms with Crippen molar-refractivity contribution in [2.24, 2.45) is 5.84 Å². The zero-order valence-corrected chi connectivity index (χ0v) is 12.2. The molecule has 0 spiro atoms. The van der Waals surface area contributed by atoms with Crippen LogP contribution in [0.25, 0.3) is 0 Å². The van der Waals surface area contributed by atoms with Crippen molar-refractivity contribution in [3.63, 3.8) is 0 Å². The SMILES string of the molecule is COc1ccccc1C(NN)C1CSc2ccccc21. The molecule has 0 amide bonds. The van der Waals surface area contributed by atoms with Crippen molar-refractivity contribution in [2.45, 2.75) is 16.9 Å². The zero-order chi connectivity index (χ0) is 13.9. The summed E-state index contributed by atoms with van der Waals surface area (Å²) in [4.78, 5) is 1.35. The molecule has 104 valence electrons. The first-order valence-electron chi connectivity index (χ1n) is 6.66. The van der Waals surface area contributed by atoms with Gasteiger partial charge in [0.25, 0.3) is 0 Å². The normalized spacial score (nSPS) is 18.6. The molecule has 2 aromatic rings. The second-order valence-electron chi connectivity index (χ2n) is 4.84. The Hall–Kier alpha value is -1.49. The molecule has 3 nitrogen and oxygen atoms in total. The Morgan fingerprint density at radius 3 is 2.75 bits per heavy atom. The average molecular weight is 286 g/mol. The molecule has 2 aromatic carbocycles. The van der Waals surface area contributed by atoms with E-state index in [-0.39, 0.29) is 6.04 Å². The standard InChI is InChI=1S/C16H18N2OS/c1-19-14-8-4-2-7-12(14)16(18-17)13-10-20-15-9-5-3-6-11(13)15/h2-9,13,16,18H,10,17H2,1H3. The number of fused-ring (bicyclic) bond motifs is 1. The molecule has 20 heavy (non-hydrogen) atoms. The van der Waals surface area contributed by atoms with Gasteiger partial charge in [-0.3, -0.25) is 11.3 Å². The van der Waals surface area contributed by atoms with Crippen LogP contribution in [-0.4, -0.2) is 12.9 Å². The summed E-state index contributed by atoms with van der Waals surface area (Å²) < 4.78 is 5.47. The van der Waals surface area contributed by atoms with Gasteiger partial charge in [-0.2, -0.15) is 0 Å². The highest BCUT2D eigenvalue weighted by Gasteiger charge is 2.31. The smallest absolute Gasteiger partial charge is 0.123 e. The zero-order valence-electron chi connectivity index (χ0n) is 11.4. The number of rotatable bonds is 4. The molecule has 0 radical (unpaired) electrons. The van der Waals surface area contributed by atoms with E-state index >= 15 is 0 Å². The highest BCUT2D eigenvalue weighted by atomic mass is 32.2. The molecule has 0 aliphatic carbocycles. The lowest BCUT2D eigenvalue weighted by Crippen LogP contribution is -2.33. The van der Waals surface area contributed by atoms with Crippen LogP contribution in [0.15, 0.2) is 53.4 Å². The van der Waals surface area contributed by atoms with E-state index in [1.807, 2.05) is 30.0 Å². The summed E-state index contributed by atoms with van der Waals surface area (Å²) >= 11 is 1.89. The number of benzene rings is 2. The number of nitrogens with two attached hydrogens (primary N) is 1. The number of hydrazine groups is 1. The van der Waals surface area contributed by atoms with Crippen molar-refractivity contribution in [2.75, 3.05) is 12.9 Å². The topological polar surface area (TPSA) is 47.3 Å². The molecule has 0 aromatic heterocycles. The largest absolute Gasteiger partial charge is 0.496 e. The first kappa shape index (κ1) is 13.5. The number of para-hydroxylation sites is 1. The van der Waals surface area contributed by atoms with Gasteiger partial charge < -0.3 is 4.74 Å². The van der Waals surface area contributed by atoms with Crippen molar-refractivity contribution in [3.8, 4) is 5.75 Å². The van der Waals surface area contributed by atoms with E-state index in [0.717, 1.165) is 17.1 Å². The van der Waals surface area contributed by atoms with E-state index in [1.54, 1.807) is 7.11 Å². The van der Waals surface area contributed by atoms with Crippen LogP contribution in [0.2, 0.25) is 0 Å². The number of hydrogen-bond donors (Lipinski definition) is 2. The molecule has 1 aliphatic heterocycles. The fourth-order valence-electron chi connectivity index (χ4n) is 2.81. The minimum absolute atomic E-state index is 0.0577. The maximum Gasteiger partial charge on any atom is 0.123 e. The number of nitrogens with one attached hydrogen (secondary N) is 1. The van der Waals surface area contributed by atoms with Gasteiger partial charge in [0.05, 0.1) is 13.2 Å². The van der Waals surface area contributed by atoms with Crippen LogP contribution in [0.4, 0.5) is 0 Å². The predicted molar refractivity (Wildman–Crippen MR) is 83.0 cm³/mol. The van der Waals surface area contributed by atoms with Crippen LogP contribution in [0, 0.1) is 0 Å². The minimum atomic E-state index is 0.0577. The quantitative estimate of drug-likeness (QED) is 0.670. The van der Waals surface area contributed by atoms with Gasteiger partial charge in [-0.25, -0.2) is 0 Å². The van der Waals surface area contributed by atoms with Gasteiger partial charge in [0.15, 0.2) is 0 Å². The maximum absolute atomic E-state index is 5.85. The highest BCUT2D eigenvalue weighted by Crippen LogP contribution is 2.46. The summed E-state index contributed by atoms with van der Waals surface area (Å²) in [5, 5.41) is 0. The lowest BCUT2D eigenvalue weighted by molar-refractivity contribution is 0.391. The van der Waals surface area contributed by atoms with Crippen LogP contribution in [0.3, 0.4) is 0 Å². The molecule has 3 N–H and O–H groups in total. The van der Waals surface area contributed by atoms with E-state index in [0.29, 0.717) is 5.92 Å². The second kappa shape index (κ2) is 5.87. The molecular formula is C16H18N2OS. The lowest BCUT2D eigenvalue weighted by Gasteiger charge is -2.25. The van der Waals surface area contributed by atoms with Crippen molar-refractivity contribution in [1.82, 2.24) is 5.43 Å². The number of ether oxygens (including phenoxy) is 1. The van der Waals surface area contributed by atoms with E-state index in [4.69, 9.17) is 10.6 Å². The molecule has 0 saturated carbocycles. The fraction of sp³-hybridized carbons (Fsp3) is 0.250. The molecule has 3 rings (SSSR count). The first-order valence-corrected chi connectivity index (χ1v) is 7.64. The summed E-state index contributed by atoms with van der Waals surface area (Å²) in [6, 6.07) is 16.7. The van der Waals surface area contributed by atoms with Crippen LogP contribution in [0.5, 0.6) is 5.75 Å². The Morgan fingerprint density at radius 2 is 1.95 bits per heavy atom. The van der Waals surface area contributed by atoms with Gasteiger partial charge in [-0.1, -0.05) is 36.4 Å². The summed E-state index contributed by atoms with van der Waals surface area (Å²) in [5.74, 6) is 8.12. The molecule has 0 fully saturated rings. The summed E-state index contributed by atoms with van der Waals surface area (Å²) in [5.41, 5.74) is 5.46. The molecule has 2 atom stereocenters. The fourth-order valence-corrected chi connectivity index (χ4v) is 4.10. The summed E-state index contributed by atoms with van der Waals surface area (Å²) in [6.45, 7) is 0. The summed E-state index contributed by atoms with van der Waals surface area (Å²) in [7, 11) is 1.70. The van der Waals surface area contributed by atoms with Gasteiger partial charge in [0.1, 0.15) is 5.75 Å². The van der Waals surface area contributed by atoms with E-state index in [1.165, 1.54) is 10.5 Å². The predicted octanol–water partition coefficient (Wildman–Crippen LogP) is 3.09. The second-order valence-corrected chi connectivity index (χ2v) is 5.90. The van der Waals surface area contributed by atoms with E-state index < -0.39 is 0 Å². The molecular weight excluding hydrogens is 268 g/mol. The number of methoxy groups -OCH3 is 1. The Labute approximate surface area is 123 Å². The van der Waals surface area contributed by atoms with Crippen LogP contribution in [0.1, 0.15) is 23.1 Å². The Kier molecular flexibility index (Phi) is 3.96. The third kappa shape index (κ3) is 2.30. The Bertz CT molecular complexity index is 603. The van der Waals surface area contributed by atoms with Gasteiger partial charge in [-0.05, 0) is 17.7 Å². The first-order chi connectivity index (χ1) is 9.85. The van der Waals surface area contributed by atoms with Gasteiger partial charge in [-0.15, -0.1) is 11.8 Å². The van der Waals surface area contributed by atoms with Gasteiger partial charge in [0.2, 0.25) is 0 Å². The Balaban J connectivity index is 1.99. The number of thioether (sulfide) groups is 1.